The summed E-state index contributed by atoms with van der Waals surface area (Å²) < 4.78 is 28.8. The lowest BCUT2D eigenvalue weighted by Gasteiger charge is -2.25. The van der Waals surface area contributed by atoms with Crippen molar-refractivity contribution in [2.45, 2.75) is 17.4 Å². The average molecular weight is 391 g/mol. The Morgan fingerprint density at radius 3 is 2.52 bits per heavy atom. The van der Waals surface area contributed by atoms with Gasteiger partial charge in [-0.15, -0.1) is 0 Å². The zero-order chi connectivity index (χ0) is 19.4. The first-order valence-corrected chi connectivity index (χ1v) is 10.4. The van der Waals surface area contributed by atoms with Crippen LogP contribution in [0.25, 0.3) is 0 Å². The van der Waals surface area contributed by atoms with Gasteiger partial charge in [0.1, 0.15) is 6.04 Å². The van der Waals surface area contributed by atoms with Gasteiger partial charge < -0.3 is 10.2 Å². The first-order valence-electron chi connectivity index (χ1n) is 8.93. The molecule has 1 aliphatic heterocycles. The van der Waals surface area contributed by atoms with Crippen LogP contribution in [0.1, 0.15) is 18.0 Å². The molecule has 1 amide bonds. The van der Waals surface area contributed by atoms with E-state index in [1.54, 1.807) is 60.2 Å². The largest absolute Gasteiger partial charge is 0.340 e. The summed E-state index contributed by atoms with van der Waals surface area (Å²) in [5, 5.41) is 7.17. The highest BCUT2D eigenvalue weighted by Crippen LogP contribution is 2.20. The number of rotatable bonds is 5. The summed E-state index contributed by atoms with van der Waals surface area (Å²) in [4.78, 5) is 15.0. The van der Waals surface area contributed by atoms with Crippen LogP contribution in [0.15, 0.2) is 47.6 Å². The number of nitrogens with one attached hydrogen (secondary N) is 1. The highest BCUT2D eigenvalue weighted by molar-refractivity contribution is 7.89. The molecule has 1 aromatic carbocycles. The molecule has 0 aliphatic carbocycles. The van der Waals surface area contributed by atoms with Crippen LogP contribution in [0, 0.1) is 0 Å². The van der Waals surface area contributed by atoms with E-state index < -0.39 is 16.1 Å². The second-order valence-corrected chi connectivity index (χ2v) is 8.50. The Bertz CT molecular complexity index is 881. The Kier molecular flexibility index (Phi) is 5.93. The number of carbonyl (C=O) groups is 1. The summed E-state index contributed by atoms with van der Waals surface area (Å²) in [6.45, 7) is 1.58. The molecule has 0 bridgehead atoms. The van der Waals surface area contributed by atoms with Crippen LogP contribution in [0.2, 0.25) is 0 Å². The van der Waals surface area contributed by atoms with Crippen molar-refractivity contribution in [3.8, 4) is 0 Å². The number of aryl methyl sites for hydroxylation is 1. The third-order valence-corrected chi connectivity index (χ3v) is 6.65. The van der Waals surface area contributed by atoms with E-state index in [2.05, 4.69) is 10.4 Å². The maximum atomic E-state index is 13.0. The molecular weight excluding hydrogens is 366 g/mol. The first-order chi connectivity index (χ1) is 12.9. The molecule has 1 N–H and O–H groups in total. The van der Waals surface area contributed by atoms with Gasteiger partial charge in [-0.2, -0.15) is 9.40 Å². The third kappa shape index (κ3) is 4.20. The molecule has 27 heavy (non-hydrogen) atoms. The van der Waals surface area contributed by atoms with Gasteiger partial charge in [0.05, 0.1) is 11.1 Å². The van der Waals surface area contributed by atoms with Crippen LogP contribution in [-0.4, -0.2) is 66.5 Å². The van der Waals surface area contributed by atoms with E-state index >= 15 is 0 Å². The minimum atomic E-state index is -3.54. The van der Waals surface area contributed by atoms with E-state index in [0.717, 1.165) is 5.56 Å². The molecule has 3 rings (SSSR count). The Hall–Kier alpha value is -2.23. The van der Waals surface area contributed by atoms with Gasteiger partial charge in [0.25, 0.3) is 0 Å². The van der Waals surface area contributed by atoms with Gasteiger partial charge in [0, 0.05) is 45.0 Å². The summed E-state index contributed by atoms with van der Waals surface area (Å²) >= 11 is 0. The van der Waals surface area contributed by atoms with Crippen LogP contribution >= 0.6 is 0 Å². The van der Waals surface area contributed by atoms with Crippen molar-refractivity contribution in [1.29, 1.82) is 0 Å². The van der Waals surface area contributed by atoms with Crippen molar-refractivity contribution < 1.29 is 13.2 Å². The summed E-state index contributed by atoms with van der Waals surface area (Å²) in [7, 11) is -0.00254. The van der Waals surface area contributed by atoms with Crippen molar-refractivity contribution in [2.24, 2.45) is 7.05 Å². The van der Waals surface area contributed by atoms with Gasteiger partial charge in [0.2, 0.25) is 15.9 Å². The summed E-state index contributed by atoms with van der Waals surface area (Å²) in [6.07, 6.45) is 4.08. The van der Waals surface area contributed by atoms with E-state index in [1.807, 2.05) is 6.20 Å². The fourth-order valence-electron chi connectivity index (χ4n) is 3.30. The normalized spacial score (nSPS) is 17.5. The zero-order valence-corrected chi connectivity index (χ0v) is 16.4. The van der Waals surface area contributed by atoms with Crippen molar-refractivity contribution in [3.63, 3.8) is 0 Å². The smallest absolute Gasteiger partial charge is 0.244 e. The van der Waals surface area contributed by atoms with Gasteiger partial charge in [-0.1, -0.05) is 18.2 Å². The van der Waals surface area contributed by atoms with Crippen LogP contribution in [0.5, 0.6) is 0 Å². The second kappa shape index (κ2) is 8.20. The number of amides is 1. The number of benzene rings is 1. The van der Waals surface area contributed by atoms with E-state index in [-0.39, 0.29) is 17.3 Å². The number of hydrogen-bond acceptors (Lipinski definition) is 5. The lowest BCUT2D eigenvalue weighted by Crippen LogP contribution is -2.42. The van der Waals surface area contributed by atoms with Crippen molar-refractivity contribution in [1.82, 2.24) is 24.3 Å². The molecule has 0 radical (unpaired) electrons. The number of nitrogens with zero attached hydrogens (tertiary/aromatic N) is 4. The topological polar surface area (TPSA) is 87.5 Å². The lowest BCUT2D eigenvalue weighted by molar-refractivity contribution is -0.133. The highest BCUT2D eigenvalue weighted by Gasteiger charge is 2.31. The molecule has 0 spiro atoms. The predicted molar refractivity (Wildman–Crippen MR) is 101 cm³/mol. The van der Waals surface area contributed by atoms with Crippen LogP contribution < -0.4 is 5.32 Å². The Balaban J connectivity index is 1.72. The second-order valence-electron chi connectivity index (χ2n) is 6.57. The molecule has 2 aromatic rings. The lowest BCUT2D eigenvalue weighted by atomic mass is 10.1. The molecule has 1 fully saturated rings. The molecule has 1 aliphatic rings. The number of aromatic nitrogens is 2. The summed E-state index contributed by atoms with van der Waals surface area (Å²) in [5.74, 6) is -0.0653. The highest BCUT2D eigenvalue weighted by atomic mass is 32.2. The van der Waals surface area contributed by atoms with Crippen molar-refractivity contribution >= 4 is 15.9 Å². The molecule has 1 unspecified atom stereocenters. The number of sulfonamides is 1. The van der Waals surface area contributed by atoms with Gasteiger partial charge in [-0.3, -0.25) is 9.48 Å². The van der Waals surface area contributed by atoms with Gasteiger partial charge in [0.15, 0.2) is 0 Å². The molecule has 1 atom stereocenters. The van der Waals surface area contributed by atoms with Gasteiger partial charge in [-0.05, 0) is 25.6 Å². The molecule has 2 heterocycles. The van der Waals surface area contributed by atoms with E-state index in [4.69, 9.17) is 0 Å². The number of carbonyl (C=O) groups excluding carboxylic acids is 1. The van der Waals surface area contributed by atoms with E-state index in [0.29, 0.717) is 26.1 Å². The van der Waals surface area contributed by atoms with Crippen LogP contribution in [0.4, 0.5) is 0 Å². The van der Waals surface area contributed by atoms with Crippen LogP contribution in [-0.2, 0) is 21.9 Å². The molecule has 8 nitrogen and oxygen atoms in total. The maximum Gasteiger partial charge on any atom is 0.244 e. The Morgan fingerprint density at radius 1 is 1.15 bits per heavy atom. The molecule has 1 saturated heterocycles. The summed E-state index contributed by atoms with van der Waals surface area (Å²) in [6, 6.07) is 7.93. The van der Waals surface area contributed by atoms with Crippen molar-refractivity contribution in [2.75, 3.05) is 33.2 Å². The SMILES string of the molecule is CNC(C(=O)N1CCCN(S(=O)(=O)c2ccccc2)CC1)c1cnn(C)c1. The van der Waals surface area contributed by atoms with Crippen molar-refractivity contribution in [3.05, 3.63) is 48.3 Å². The standard InChI is InChI=1S/C18H25N5O3S/c1-19-17(15-13-20-21(2)14-15)18(24)22-9-6-10-23(12-11-22)27(25,26)16-7-4-3-5-8-16/h3-5,7-8,13-14,17,19H,6,9-12H2,1-2H3. The molecule has 0 saturated carbocycles. The van der Waals surface area contributed by atoms with E-state index in [9.17, 15) is 13.2 Å². The van der Waals surface area contributed by atoms with Gasteiger partial charge >= 0.3 is 0 Å². The maximum absolute atomic E-state index is 13.0. The average Bonchev–Trinajstić information content (AvgIpc) is 2.94. The van der Waals surface area contributed by atoms with Crippen LogP contribution in [0.3, 0.4) is 0 Å². The van der Waals surface area contributed by atoms with E-state index in [1.165, 1.54) is 4.31 Å². The molecule has 146 valence electrons. The summed E-state index contributed by atoms with van der Waals surface area (Å²) in [5.41, 5.74) is 0.794. The monoisotopic (exact) mass is 391 g/mol. The Labute approximate surface area is 159 Å². The molecule has 1 aromatic heterocycles. The quantitative estimate of drug-likeness (QED) is 0.807. The molecular formula is C18H25N5O3S. The first kappa shape index (κ1) is 19.5. The Morgan fingerprint density at radius 2 is 1.89 bits per heavy atom. The minimum absolute atomic E-state index is 0.0653. The molecule has 9 heteroatoms. The minimum Gasteiger partial charge on any atom is -0.340 e. The number of likely N-dealkylation sites (N-methyl/N-ethyl adjacent to an activating group) is 1. The number of hydrogen-bond donors (Lipinski definition) is 1. The predicted octanol–water partition coefficient (Wildman–Crippen LogP) is 0.604. The zero-order valence-electron chi connectivity index (χ0n) is 15.6. The fraction of sp³-hybridized carbons (Fsp3) is 0.444. The fourth-order valence-corrected chi connectivity index (χ4v) is 4.79. The van der Waals surface area contributed by atoms with Gasteiger partial charge in [-0.25, -0.2) is 8.42 Å². The third-order valence-electron chi connectivity index (χ3n) is 4.74.